The number of H-pyrrole nitrogens is 1. The summed E-state index contributed by atoms with van der Waals surface area (Å²) in [5.41, 5.74) is 0.445. The maximum Gasteiger partial charge on any atom is 0.264 e. The highest BCUT2D eigenvalue weighted by Crippen LogP contribution is 2.21. The number of nitrogens with one attached hydrogen (secondary N) is 1. The summed E-state index contributed by atoms with van der Waals surface area (Å²) >= 11 is 0. The Bertz CT molecular complexity index is 724. The molecule has 0 unspecified atom stereocenters. The number of hydrogen-bond donors (Lipinski definition) is 1. The van der Waals surface area contributed by atoms with Gasteiger partial charge in [-0.15, -0.1) is 0 Å². The second-order valence-electron chi connectivity index (χ2n) is 3.64. The van der Waals surface area contributed by atoms with Gasteiger partial charge >= 0.3 is 0 Å². The predicted octanol–water partition coefficient (Wildman–Crippen LogP) is 1.85. The van der Waals surface area contributed by atoms with E-state index in [-0.39, 0.29) is 11.4 Å². The van der Waals surface area contributed by atoms with E-state index >= 15 is 0 Å². The summed E-state index contributed by atoms with van der Waals surface area (Å²) in [5.74, 6) is 0.274. The van der Waals surface area contributed by atoms with Crippen molar-refractivity contribution in [3.05, 3.63) is 58.8 Å². The first kappa shape index (κ1) is 9.77. The Kier molecular flexibility index (Phi) is 2.04. The van der Waals surface area contributed by atoms with Crippen molar-refractivity contribution in [2.75, 3.05) is 0 Å². The molecule has 0 fully saturated rings. The highest BCUT2D eigenvalue weighted by molar-refractivity contribution is 5.82. The molecular weight excluding hydrogens is 221 g/mol. The SMILES string of the molecule is O=c1ccc(-n2ccc3c(F)cccc32)n[nH]1. The van der Waals surface area contributed by atoms with Crippen LogP contribution in [0.25, 0.3) is 16.7 Å². The summed E-state index contributed by atoms with van der Waals surface area (Å²) in [6.07, 6.45) is 1.72. The molecule has 0 spiro atoms. The van der Waals surface area contributed by atoms with Gasteiger partial charge in [-0.25, -0.2) is 9.49 Å². The van der Waals surface area contributed by atoms with Crippen LogP contribution in [0.5, 0.6) is 0 Å². The summed E-state index contributed by atoms with van der Waals surface area (Å²) in [5, 5.41) is 6.78. The molecule has 0 saturated carbocycles. The van der Waals surface area contributed by atoms with Gasteiger partial charge in [-0.3, -0.25) is 9.36 Å². The summed E-state index contributed by atoms with van der Waals surface area (Å²) in [7, 11) is 0. The molecule has 1 N–H and O–H groups in total. The van der Waals surface area contributed by atoms with E-state index in [1.165, 1.54) is 12.1 Å². The lowest BCUT2D eigenvalue weighted by atomic mass is 10.2. The van der Waals surface area contributed by atoms with Crippen molar-refractivity contribution >= 4 is 10.9 Å². The average molecular weight is 229 g/mol. The molecule has 0 amide bonds. The van der Waals surface area contributed by atoms with Crippen LogP contribution in [0.3, 0.4) is 0 Å². The van der Waals surface area contributed by atoms with Crippen LogP contribution < -0.4 is 5.56 Å². The Morgan fingerprint density at radius 1 is 1.18 bits per heavy atom. The fourth-order valence-corrected chi connectivity index (χ4v) is 1.80. The fraction of sp³-hybridized carbons (Fsp3) is 0. The minimum Gasteiger partial charge on any atom is -0.300 e. The van der Waals surface area contributed by atoms with Gasteiger partial charge in [-0.1, -0.05) is 6.07 Å². The van der Waals surface area contributed by atoms with Crippen LogP contribution >= 0.6 is 0 Å². The highest BCUT2D eigenvalue weighted by atomic mass is 19.1. The first-order chi connectivity index (χ1) is 8.25. The van der Waals surface area contributed by atoms with Crippen molar-refractivity contribution in [2.24, 2.45) is 0 Å². The lowest BCUT2D eigenvalue weighted by molar-refractivity contribution is 0.640. The number of benzene rings is 1. The van der Waals surface area contributed by atoms with E-state index in [0.717, 1.165) is 0 Å². The Morgan fingerprint density at radius 2 is 2.06 bits per heavy atom. The van der Waals surface area contributed by atoms with E-state index in [1.807, 2.05) is 0 Å². The summed E-state index contributed by atoms with van der Waals surface area (Å²) < 4.78 is 15.2. The van der Waals surface area contributed by atoms with Gasteiger partial charge in [-0.05, 0) is 24.3 Å². The van der Waals surface area contributed by atoms with E-state index in [0.29, 0.717) is 16.7 Å². The van der Waals surface area contributed by atoms with Gasteiger partial charge < -0.3 is 0 Å². The maximum absolute atomic E-state index is 13.5. The van der Waals surface area contributed by atoms with Gasteiger partial charge in [0.1, 0.15) is 5.82 Å². The fourth-order valence-electron chi connectivity index (χ4n) is 1.80. The zero-order valence-corrected chi connectivity index (χ0v) is 8.72. The third kappa shape index (κ3) is 1.52. The first-order valence-corrected chi connectivity index (χ1v) is 5.07. The van der Waals surface area contributed by atoms with E-state index < -0.39 is 0 Å². The molecule has 0 aliphatic heterocycles. The maximum atomic E-state index is 13.5. The third-order valence-electron chi connectivity index (χ3n) is 2.59. The molecular formula is C12H8FN3O. The molecule has 2 heterocycles. The number of halogens is 1. The van der Waals surface area contributed by atoms with Crippen molar-refractivity contribution < 1.29 is 4.39 Å². The van der Waals surface area contributed by atoms with Crippen molar-refractivity contribution in [1.29, 1.82) is 0 Å². The van der Waals surface area contributed by atoms with Crippen molar-refractivity contribution in [1.82, 2.24) is 14.8 Å². The topological polar surface area (TPSA) is 50.7 Å². The van der Waals surface area contributed by atoms with Crippen molar-refractivity contribution in [3.8, 4) is 5.82 Å². The van der Waals surface area contributed by atoms with E-state index in [9.17, 15) is 9.18 Å². The molecule has 0 radical (unpaired) electrons. The normalized spacial score (nSPS) is 10.9. The highest BCUT2D eigenvalue weighted by Gasteiger charge is 2.07. The van der Waals surface area contributed by atoms with Crippen molar-refractivity contribution in [3.63, 3.8) is 0 Å². The number of nitrogens with zero attached hydrogens (tertiary/aromatic N) is 2. The molecule has 5 heteroatoms. The smallest absolute Gasteiger partial charge is 0.264 e. The Labute approximate surface area is 95.3 Å². The molecule has 17 heavy (non-hydrogen) atoms. The monoisotopic (exact) mass is 229 g/mol. The molecule has 0 aliphatic rings. The lowest BCUT2D eigenvalue weighted by Gasteiger charge is -2.02. The molecule has 3 aromatic rings. The molecule has 4 nitrogen and oxygen atoms in total. The van der Waals surface area contributed by atoms with Gasteiger partial charge in [0, 0.05) is 17.6 Å². The van der Waals surface area contributed by atoms with Crippen LogP contribution in [0.2, 0.25) is 0 Å². The second-order valence-corrected chi connectivity index (χ2v) is 3.64. The summed E-state index contributed by atoms with van der Waals surface area (Å²) in [6.45, 7) is 0. The van der Waals surface area contributed by atoms with Gasteiger partial charge in [0.05, 0.1) is 5.52 Å². The van der Waals surface area contributed by atoms with Gasteiger partial charge in [0.25, 0.3) is 5.56 Å². The summed E-state index contributed by atoms with van der Waals surface area (Å²) in [6, 6.07) is 9.49. The van der Waals surface area contributed by atoms with Gasteiger partial charge in [0.15, 0.2) is 5.82 Å². The standard InChI is InChI=1S/C12H8FN3O/c13-9-2-1-3-10-8(9)6-7-16(10)11-4-5-12(17)15-14-11/h1-7H,(H,15,17). The van der Waals surface area contributed by atoms with E-state index in [2.05, 4.69) is 10.2 Å². The zero-order valence-electron chi connectivity index (χ0n) is 8.72. The first-order valence-electron chi connectivity index (χ1n) is 5.07. The quantitative estimate of drug-likeness (QED) is 0.692. The van der Waals surface area contributed by atoms with Crippen LogP contribution in [-0.2, 0) is 0 Å². The molecule has 3 rings (SSSR count). The minimum absolute atomic E-state index is 0.267. The van der Waals surface area contributed by atoms with Crippen LogP contribution in [0.15, 0.2) is 47.4 Å². The molecule has 2 aromatic heterocycles. The van der Waals surface area contributed by atoms with E-state index in [4.69, 9.17) is 0 Å². The average Bonchev–Trinajstić information content (AvgIpc) is 2.75. The van der Waals surface area contributed by atoms with Crippen LogP contribution in [0.4, 0.5) is 4.39 Å². The molecule has 84 valence electrons. The van der Waals surface area contributed by atoms with Gasteiger partial charge in [-0.2, -0.15) is 5.10 Å². The number of aromatic nitrogens is 3. The lowest BCUT2D eigenvalue weighted by Crippen LogP contribution is -2.08. The Balaban J connectivity index is 2.28. The number of fused-ring (bicyclic) bond motifs is 1. The molecule has 0 atom stereocenters. The molecule has 1 aromatic carbocycles. The van der Waals surface area contributed by atoms with Crippen molar-refractivity contribution in [2.45, 2.75) is 0 Å². The third-order valence-corrected chi connectivity index (χ3v) is 2.59. The van der Waals surface area contributed by atoms with E-state index in [1.54, 1.807) is 35.0 Å². The second kappa shape index (κ2) is 3.55. The van der Waals surface area contributed by atoms with Crippen LogP contribution in [-0.4, -0.2) is 14.8 Å². The van der Waals surface area contributed by atoms with Crippen LogP contribution in [0.1, 0.15) is 0 Å². The zero-order chi connectivity index (χ0) is 11.8. The molecule has 0 bridgehead atoms. The molecule has 0 saturated heterocycles. The summed E-state index contributed by atoms with van der Waals surface area (Å²) in [4.78, 5) is 10.9. The Morgan fingerprint density at radius 3 is 2.82 bits per heavy atom. The predicted molar refractivity (Wildman–Crippen MR) is 61.6 cm³/mol. The minimum atomic E-state index is -0.273. The van der Waals surface area contributed by atoms with Crippen LogP contribution in [0, 0.1) is 5.82 Å². The van der Waals surface area contributed by atoms with Gasteiger partial charge in [0.2, 0.25) is 0 Å². The number of rotatable bonds is 1. The number of aromatic amines is 1. The molecule has 0 aliphatic carbocycles. The number of hydrogen-bond acceptors (Lipinski definition) is 2. The largest absolute Gasteiger partial charge is 0.300 e. The Hall–Kier alpha value is -2.43.